The molecule has 9 nitrogen and oxygen atoms in total. The summed E-state index contributed by atoms with van der Waals surface area (Å²) in [4.78, 5) is 14.9. The highest BCUT2D eigenvalue weighted by atomic mass is 32.2. The van der Waals surface area contributed by atoms with Gasteiger partial charge in [0, 0.05) is 25.2 Å². The first-order valence-corrected chi connectivity index (χ1v) is 13.0. The van der Waals surface area contributed by atoms with Gasteiger partial charge in [0.1, 0.15) is 5.75 Å². The van der Waals surface area contributed by atoms with Crippen LogP contribution in [0, 0.1) is 5.92 Å². The third-order valence-corrected chi connectivity index (χ3v) is 7.05. The van der Waals surface area contributed by atoms with Gasteiger partial charge in [0.15, 0.2) is 5.82 Å². The number of primary sulfonamides is 1. The number of benzene rings is 2. The van der Waals surface area contributed by atoms with Crippen LogP contribution in [0.15, 0.2) is 65.6 Å². The Bertz CT molecular complexity index is 1250. The number of sulfonamides is 1. The summed E-state index contributed by atoms with van der Waals surface area (Å²) in [6, 6.07) is 17.9. The molecule has 0 saturated carbocycles. The molecule has 1 aliphatic heterocycles. The Kier molecular flexibility index (Phi) is 7.62. The number of nitrogens with zero attached hydrogens (tertiary/aromatic N) is 3. The summed E-state index contributed by atoms with van der Waals surface area (Å²) in [7, 11) is -2.07. The number of aromatic nitrogens is 2. The second-order valence-corrected chi connectivity index (χ2v) is 10.1. The standard InChI is InChI=1S/C25H29N5O4S/c1-34-21-8-6-19(7-9-21)23-12-13-24(29-28-23)30-16-2-3-20(17-30)25(31)27-15-14-18-4-10-22(11-5-18)35(26,32)33/h4-13,20H,2-3,14-17H2,1H3,(H,27,31)(H2,26,32,33). The van der Waals surface area contributed by atoms with Crippen LogP contribution >= 0.6 is 0 Å². The molecule has 0 spiro atoms. The molecule has 1 amide bonds. The summed E-state index contributed by atoms with van der Waals surface area (Å²) < 4.78 is 27.9. The number of methoxy groups -OCH3 is 1. The number of hydrogen-bond donors (Lipinski definition) is 2. The third-order valence-electron chi connectivity index (χ3n) is 6.12. The minimum atomic E-state index is -3.70. The van der Waals surface area contributed by atoms with Crippen molar-refractivity contribution < 1.29 is 17.9 Å². The maximum Gasteiger partial charge on any atom is 0.238 e. The quantitative estimate of drug-likeness (QED) is 0.491. The first-order valence-electron chi connectivity index (χ1n) is 11.5. The van der Waals surface area contributed by atoms with Gasteiger partial charge in [-0.25, -0.2) is 13.6 Å². The molecule has 0 aliphatic carbocycles. The summed E-state index contributed by atoms with van der Waals surface area (Å²) in [6.07, 6.45) is 2.32. The summed E-state index contributed by atoms with van der Waals surface area (Å²) >= 11 is 0. The van der Waals surface area contributed by atoms with Crippen molar-refractivity contribution >= 4 is 21.7 Å². The lowest BCUT2D eigenvalue weighted by molar-refractivity contribution is -0.125. The maximum absolute atomic E-state index is 12.8. The van der Waals surface area contributed by atoms with Gasteiger partial charge in [-0.2, -0.15) is 0 Å². The molecule has 1 aliphatic rings. The number of amides is 1. The van der Waals surface area contributed by atoms with Crippen LogP contribution in [0.4, 0.5) is 5.82 Å². The zero-order valence-corrected chi connectivity index (χ0v) is 20.4. The van der Waals surface area contributed by atoms with Crippen molar-refractivity contribution in [2.24, 2.45) is 11.1 Å². The van der Waals surface area contributed by atoms with Crippen molar-refractivity contribution in [3.8, 4) is 17.0 Å². The van der Waals surface area contributed by atoms with Gasteiger partial charge in [-0.15, -0.1) is 10.2 Å². The van der Waals surface area contributed by atoms with Gasteiger partial charge in [-0.1, -0.05) is 12.1 Å². The van der Waals surface area contributed by atoms with E-state index in [-0.39, 0.29) is 16.7 Å². The van der Waals surface area contributed by atoms with Crippen molar-refractivity contribution in [3.05, 3.63) is 66.2 Å². The average molecular weight is 496 g/mol. The van der Waals surface area contributed by atoms with E-state index in [9.17, 15) is 13.2 Å². The molecular weight excluding hydrogens is 466 g/mol. The van der Waals surface area contributed by atoms with Crippen molar-refractivity contribution in [1.29, 1.82) is 0 Å². The molecule has 0 radical (unpaired) electrons. The predicted molar refractivity (Wildman–Crippen MR) is 133 cm³/mol. The molecule has 1 aromatic heterocycles. The highest BCUT2D eigenvalue weighted by Crippen LogP contribution is 2.24. The molecular formula is C25H29N5O4S. The molecule has 0 bridgehead atoms. The maximum atomic E-state index is 12.8. The molecule has 1 saturated heterocycles. The lowest BCUT2D eigenvalue weighted by atomic mass is 9.97. The number of rotatable bonds is 8. The zero-order valence-electron chi connectivity index (χ0n) is 19.6. The first-order chi connectivity index (χ1) is 16.8. The third kappa shape index (κ3) is 6.34. The van der Waals surface area contributed by atoms with E-state index in [1.54, 1.807) is 19.2 Å². The second kappa shape index (κ2) is 10.8. The van der Waals surface area contributed by atoms with Crippen LogP contribution < -0.4 is 20.1 Å². The molecule has 184 valence electrons. The number of ether oxygens (including phenoxy) is 1. The van der Waals surface area contributed by atoms with E-state index in [4.69, 9.17) is 9.88 Å². The molecule has 1 unspecified atom stereocenters. The number of anilines is 1. The van der Waals surface area contributed by atoms with Gasteiger partial charge < -0.3 is 15.0 Å². The van der Waals surface area contributed by atoms with Crippen molar-refractivity contribution in [1.82, 2.24) is 15.5 Å². The van der Waals surface area contributed by atoms with Crippen molar-refractivity contribution in [3.63, 3.8) is 0 Å². The largest absolute Gasteiger partial charge is 0.497 e. The van der Waals surface area contributed by atoms with Crippen LogP contribution in [0.5, 0.6) is 5.75 Å². The fourth-order valence-corrected chi connectivity index (χ4v) is 4.64. The smallest absolute Gasteiger partial charge is 0.238 e. The summed E-state index contributed by atoms with van der Waals surface area (Å²) in [5.41, 5.74) is 2.66. The van der Waals surface area contributed by atoms with E-state index in [1.165, 1.54) is 12.1 Å². The minimum Gasteiger partial charge on any atom is -0.497 e. The topological polar surface area (TPSA) is 128 Å². The van der Waals surface area contributed by atoms with Crippen molar-refractivity contribution in [2.45, 2.75) is 24.2 Å². The van der Waals surface area contributed by atoms with Gasteiger partial charge in [0.2, 0.25) is 15.9 Å². The van der Waals surface area contributed by atoms with Gasteiger partial charge in [-0.05, 0) is 73.4 Å². The second-order valence-electron chi connectivity index (χ2n) is 8.52. The van der Waals surface area contributed by atoms with E-state index in [2.05, 4.69) is 20.4 Å². The van der Waals surface area contributed by atoms with Crippen LogP contribution in [0.3, 0.4) is 0 Å². The molecule has 3 N–H and O–H groups in total. The Hall–Kier alpha value is -3.50. The zero-order chi connectivity index (χ0) is 24.8. The van der Waals surface area contributed by atoms with Gasteiger partial charge >= 0.3 is 0 Å². The normalized spacial score (nSPS) is 16.1. The van der Waals surface area contributed by atoms with Crippen LogP contribution in [-0.2, 0) is 21.2 Å². The fraction of sp³-hybridized carbons (Fsp3) is 0.320. The van der Waals surface area contributed by atoms with E-state index < -0.39 is 10.0 Å². The lowest BCUT2D eigenvalue weighted by Gasteiger charge is -2.32. The lowest BCUT2D eigenvalue weighted by Crippen LogP contribution is -2.43. The number of nitrogens with one attached hydrogen (secondary N) is 1. The summed E-state index contributed by atoms with van der Waals surface area (Å²) in [5.74, 6) is 1.43. The minimum absolute atomic E-state index is 0.0127. The Morgan fingerprint density at radius 2 is 1.83 bits per heavy atom. The number of nitrogens with two attached hydrogens (primary N) is 1. The number of piperidine rings is 1. The molecule has 10 heteroatoms. The highest BCUT2D eigenvalue weighted by Gasteiger charge is 2.26. The van der Waals surface area contributed by atoms with Gasteiger partial charge in [0.05, 0.1) is 23.6 Å². The average Bonchev–Trinajstić information content (AvgIpc) is 2.88. The van der Waals surface area contributed by atoms with E-state index in [0.29, 0.717) is 19.5 Å². The summed E-state index contributed by atoms with van der Waals surface area (Å²) in [6.45, 7) is 1.89. The Morgan fingerprint density at radius 1 is 1.09 bits per heavy atom. The number of hydrogen-bond acceptors (Lipinski definition) is 7. The molecule has 3 aromatic rings. The monoisotopic (exact) mass is 495 g/mol. The Balaban J connectivity index is 1.29. The first kappa shape index (κ1) is 24.6. The Morgan fingerprint density at radius 3 is 2.46 bits per heavy atom. The number of carbonyl (C=O) groups is 1. The Labute approximate surface area is 205 Å². The predicted octanol–water partition coefficient (Wildman–Crippen LogP) is 2.37. The number of carbonyl (C=O) groups excluding carboxylic acids is 1. The highest BCUT2D eigenvalue weighted by molar-refractivity contribution is 7.89. The molecule has 2 heterocycles. The molecule has 1 fully saturated rings. The summed E-state index contributed by atoms with van der Waals surface area (Å²) in [5, 5.41) is 16.9. The molecule has 2 aromatic carbocycles. The van der Waals surface area contributed by atoms with Crippen LogP contribution in [0.25, 0.3) is 11.3 Å². The molecule has 35 heavy (non-hydrogen) atoms. The van der Waals surface area contributed by atoms with Gasteiger partial charge in [0.25, 0.3) is 0 Å². The van der Waals surface area contributed by atoms with Crippen LogP contribution in [0.2, 0.25) is 0 Å². The fourth-order valence-electron chi connectivity index (χ4n) is 4.13. The van der Waals surface area contributed by atoms with E-state index >= 15 is 0 Å². The van der Waals surface area contributed by atoms with Crippen LogP contribution in [0.1, 0.15) is 18.4 Å². The van der Waals surface area contributed by atoms with Crippen molar-refractivity contribution in [2.75, 3.05) is 31.6 Å². The van der Waals surface area contributed by atoms with E-state index in [0.717, 1.165) is 47.8 Å². The van der Waals surface area contributed by atoms with Crippen LogP contribution in [-0.4, -0.2) is 51.3 Å². The SMILES string of the molecule is COc1ccc(-c2ccc(N3CCCC(C(=O)NCCc4ccc(S(N)(=O)=O)cc4)C3)nn2)cc1. The van der Waals surface area contributed by atoms with Gasteiger partial charge in [-0.3, -0.25) is 4.79 Å². The molecule has 4 rings (SSSR count). The molecule has 1 atom stereocenters. The van der Waals surface area contributed by atoms with E-state index in [1.807, 2.05) is 36.4 Å².